The summed E-state index contributed by atoms with van der Waals surface area (Å²) in [5.74, 6) is 1.61. The van der Waals surface area contributed by atoms with Gasteiger partial charge in [-0.05, 0) is 56.2 Å². The standard InChI is InChI=1S/C20H18ClNO2/c1-12-8-19(24-20(12)16-6-4-5-7-18(16)21)17-10-15(9-14(3)23)22-11-13(17)2/h4-8,10-11H,9H2,1-3H3. The number of nitrogens with zero attached hydrogens (tertiary/aromatic N) is 1. The van der Waals surface area contributed by atoms with Crippen LogP contribution in [0.2, 0.25) is 5.02 Å². The number of furan rings is 1. The van der Waals surface area contributed by atoms with Gasteiger partial charge < -0.3 is 4.42 Å². The lowest BCUT2D eigenvalue weighted by Gasteiger charge is -2.06. The van der Waals surface area contributed by atoms with Crippen LogP contribution in [0.5, 0.6) is 0 Å². The number of hydrogen-bond acceptors (Lipinski definition) is 3. The normalized spacial score (nSPS) is 10.8. The number of carbonyl (C=O) groups excluding carboxylic acids is 1. The lowest BCUT2D eigenvalue weighted by atomic mass is 10.1. The number of Topliss-reactive ketones (excluding diaryl/α,β-unsaturated/α-hetero) is 1. The third-order valence-corrected chi connectivity index (χ3v) is 4.22. The van der Waals surface area contributed by atoms with E-state index in [4.69, 9.17) is 16.0 Å². The van der Waals surface area contributed by atoms with Crippen molar-refractivity contribution in [2.24, 2.45) is 0 Å². The van der Waals surface area contributed by atoms with Gasteiger partial charge in [0.2, 0.25) is 0 Å². The van der Waals surface area contributed by atoms with Crippen molar-refractivity contribution in [2.45, 2.75) is 27.2 Å². The number of halogens is 1. The van der Waals surface area contributed by atoms with Crippen molar-refractivity contribution in [3.8, 4) is 22.6 Å². The zero-order valence-corrected chi connectivity index (χ0v) is 14.6. The summed E-state index contributed by atoms with van der Waals surface area (Å²) in [6.45, 7) is 5.54. The molecule has 4 heteroatoms. The highest BCUT2D eigenvalue weighted by Gasteiger charge is 2.16. The molecule has 0 radical (unpaired) electrons. The third kappa shape index (κ3) is 3.26. The van der Waals surface area contributed by atoms with Crippen molar-refractivity contribution >= 4 is 17.4 Å². The monoisotopic (exact) mass is 339 g/mol. The molecule has 0 saturated heterocycles. The molecular formula is C20H18ClNO2. The van der Waals surface area contributed by atoms with Crippen molar-refractivity contribution < 1.29 is 9.21 Å². The maximum absolute atomic E-state index is 11.3. The molecule has 0 atom stereocenters. The molecule has 2 heterocycles. The van der Waals surface area contributed by atoms with Crippen LogP contribution in [0.3, 0.4) is 0 Å². The van der Waals surface area contributed by atoms with Crippen molar-refractivity contribution in [3.05, 3.63) is 64.4 Å². The Bertz CT molecular complexity index is 912. The zero-order valence-electron chi connectivity index (χ0n) is 13.9. The Morgan fingerprint density at radius 2 is 1.88 bits per heavy atom. The summed E-state index contributed by atoms with van der Waals surface area (Å²) in [6, 6.07) is 11.5. The lowest BCUT2D eigenvalue weighted by molar-refractivity contribution is -0.116. The predicted molar refractivity (Wildman–Crippen MR) is 96.2 cm³/mol. The Morgan fingerprint density at radius 3 is 2.58 bits per heavy atom. The minimum absolute atomic E-state index is 0.0877. The largest absolute Gasteiger partial charge is 0.456 e. The van der Waals surface area contributed by atoms with Crippen LogP contribution in [0.15, 0.2) is 47.0 Å². The highest BCUT2D eigenvalue weighted by molar-refractivity contribution is 6.33. The average Bonchev–Trinajstić information content (AvgIpc) is 2.91. The van der Waals surface area contributed by atoms with Crippen LogP contribution in [-0.2, 0) is 11.2 Å². The Kier molecular flexibility index (Phi) is 4.54. The van der Waals surface area contributed by atoms with Crippen LogP contribution in [0.25, 0.3) is 22.6 Å². The van der Waals surface area contributed by atoms with Gasteiger partial charge in [-0.2, -0.15) is 0 Å². The van der Waals surface area contributed by atoms with E-state index in [1.807, 2.05) is 50.2 Å². The summed E-state index contributed by atoms with van der Waals surface area (Å²) in [7, 11) is 0. The van der Waals surface area contributed by atoms with Crippen LogP contribution in [0.1, 0.15) is 23.7 Å². The molecule has 0 fully saturated rings. The highest BCUT2D eigenvalue weighted by atomic mass is 35.5. The van der Waals surface area contributed by atoms with E-state index in [2.05, 4.69) is 4.98 Å². The summed E-state index contributed by atoms with van der Waals surface area (Å²) >= 11 is 6.29. The van der Waals surface area contributed by atoms with E-state index in [0.29, 0.717) is 11.4 Å². The van der Waals surface area contributed by atoms with Gasteiger partial charge in [0.15, 0.2) is 0 Å². The first kappa shape index (κ1) is 16.5. The number of aromatic nitrogens is 1. The van der Waals surface area contributed by atoms with Crippen LogP contribution in [-0.4, -0.2) is 10.8 Å². The molecule has 3 aromatic rings. The van der Waals surface area contributed by atoms with E-state index in [-0.39, 0.29) is 5.78 Å². The second-order valence-corrected chi connectivity index (χ2v) is 6.38. The fraction of sp³-hybridized carbons (Fsp3) is 0.200. The first-order valence-electron chi connectivity index (χ1n) is 7.76. The van der Waals surface area contributed by atoms with Crippen molar-refractivity contribution in [3.63, 3.8) is 0 Å². The fourth-order valence-electron chi connectivity index (χ4n) is 2.71. The lowest BCUT2D eigenvalue weighted by Crippen LogP contribution is -2.00. The smallest absolute Gasteiger partial charge is 0.139 e. The number of pyridine rings is 1. The van der Waals surface area contributed by atoms with E-state index in [0.717, 1.165) is 39.5 Å². The average molecular weight is 340 g/mol. The Balaban J connectivity index is 2.07. The summed E-state index contributed by atoms with van der Waals surface area (Å²) in [5, 5.41) is 0.658. The molecule has 3 nitrogen and oxygen atoms in total. The maximum Gasteiger partial charge on any atom is 0.139 e. The van der Waals surface area contributed by atoms with Gasteiger partial charge in [0, 0.05) is 29.4 Å². The maximum atomic E-state index is 11.3. The number of hydrogen-bond donors (Lipinski definition) is 0. The Morgan fingerprint density at radius 1 is 1.12 bits per heavy atom. The predicted octanol–water partition coefficient (Wildman–Crippen LogP) is 5.41. The molecule has 0 aliphatic carbocycles. The molecule has 122 valence electrons. The van der Waals surface area contributed by atoms with Crippen molar-refractivity contribution in [1.82, 2.24) is 4.98 Å². The number of benzene rings is 1. The van der Waals surface area contributed by atoms with Crippen LogP contribution < -0.4 is 0 Å². The van der Waals surface area contributed by atoms with Crippen LogP contribution in [0, 0.1) is 13.8 Å². The minimum Gasteiger partial charge on any atom is -0.456 e. The molecule has 24 heavy (non-hydrogen) atoms. The van der Waals surface area contributed by atoms with Gasteiger partial charge in [-0.25, -0.2) is 0 Å². The van der Waals surface area contributed by atoms with E-state index in [9.17, 15) is 4.79 Å². The number of ketones is 1. The second kappa shape index (κ2) is 6.62. The van der Waals surface area contributed by atoms with E-state index in [1.54, 1.807) is 13.1 Å². The first-order valence-corrected chi connectivity index (χ1v) is 8.14. The summed E-state index contributed by atoms with van der Waals surface area (Å²) < 4.78 is 6.11. The van der Waals surface area contributed by atoms with E-state index >= 15 is 0 Å². The molecule has 3 rings (SSSR count). The van der Waals surface area contributed by atoms with E-state index < -0.39 is 0 Å². The molecule has 0 unspecified atom stereocenters. The van der Waals surface area contributed by atoms with Gasteiger partial charge in [0.05, 0.1) is 5.02 Å². The highest BCUT2D eigenvalue weighted by Crippen LogP contribution is 2.36. The topological polar surface area (TPSA) is 43.1 Å². The van der Waals surface area contributed by atoms with Gasteiger partial charge >= 0.3 is 0 Å². The summed E-state index contributed by atoms with van der Waals surface area (Å²) in [5.41, 5.74) is 4.59. The van der Waals surface area contributed by atoms with Gasteiger partial charge in [0.1, 0.15) is 17.3 Å². The second-order valence-electron chi connectivity index (χ2n) is 5.97. The molecular weight excluding hydrogens is 322 g/mol. The molecule has 0 aliphatic heterocycles. The van der Waals surface area contributed by atoms with Crippen LogP contribution in [0.4, 0.5) is 0 Å². The third-order valence-electron chi connectivity index (χ3n) is 3.89. The summed E-state index contributed by atoms with van der Waals surface area (Å²) in [4.78, 5) is 15.7. The molecule has 0 aliphatic rings. The summed E-state index contributed by atoms with van der Waals surface area (Å²) in [6.07, 6.45) is 2.10. The number of aryl methyl sites for hydroxylation is 2. The molecule has 2 aromatic heterocycles. The van der Waals surface area contributed by atoms with Gasteiger partial charge in [-0.15, -0.1) is 0 Å². The number of rotatable bonds is 4. The Hall–Kier alpha value is -2.39. The van der Waals surface area contributed by atoms with Gasteiger partial charge in [-0.1, -0.05) is 23.7 Å². The van der Waals surface area contributed by atoms with Crippen LogP contribution >= 0.6 is 11.6 Å². The fourth-order valence-corrected chi connectivity index (χ4v) is 2.93. The molecule has 0 bridgehead atoms. The number of carbonyl (C=O) groups is 1. The van der Waals surface area contributed by atoms with Crippen molar-refractivity contribution in [2.75, 3.05) is 0 Å². The molecule has 0 N–H and O–H groups in total. The molecule has 0 amide bonds. The van der Waals surface area contributed by atoms with Crippen molar-refractivity contribution in [1.29, 1.82) is 0 Å². The zero-order chi connectivity index (χ0) is 17.3. The first-order chi connectivity index (χ1) is 11.5. The molecule has 0 saturated carbocycles. The molecule has 0 spiro atoms. The SMILES string of the molecule is CC(=O)Cc1cc(-c2cc(C)c(-c3ccccc3Cl)o2)c(C)cn1. The molecule has 1 aromatic carbocycles. The van der Waals surface area contributed by atoms with Gasteiger partial charge in [0.25, 0.3) is 0 Å². The minimum atomic E-state index is 0.0877. The quantitative estimate of drug-likeness (QED) is 0.638. The Labute approximate surface area is 146 Å². The van der Waals surface area contributed by atoms with E-state index in [1.165, 1.54) is 0 Å². The van der Waals surface area contributed by atoms with Gasteiger partial charge in [-0.3, -0.25) is 9.78 Å².